The first-order valence-electron chi connectivity index (χ1n) is 10.3. The molecule has 0 amide bonds. The number of aromatic hydroxyl groups is 1. The summed E-state index contributed by atoms with van der Waals surface area (Å²) in [6.07, 6.45) is 3.58. The van der Waals surface area contributed by atoms with E-state index < -0.39 is 0 Å². The van der Waals surface area contributed by atoms with Gasteiger partial charge in [-0.25, -0.2) is 4.79 Å². The molecule has 1 N–H and O–H groups in total. The quantitative estimate of drug-likeness (QED) is 0.749. The molecular formula is C23H31NO4. The van der Waals surface area contributed by atoms with E-state index in [-0.39, 0.29) is 11.7 Å². The van der Waals surface area contributed by atoms with Crippen LogP contribution in [-0.2, 0) is 11.3 Å². The summed E-state index contributed by atoms with van der Waals surface area (Å²) in [6, 6.07) is 3.91. The molecule has 1 aromatic carbocycles. The average Bonchev–Trinajstić information content (AvgIpc) is 3.02. The minimum absolute atomic E-state index is 0.213. The van der Waals surface area contributed by atoms with Crippen molar-refractivity contribution in [1.29, 1.82) is 0 Å². The molecule has 2 aliphatic rings. The summed E-state index contributed by atoms with van der Waals surface area (Å²) < 4.78 is 11.1. The highest BCUT2D eigenvalue weighted by molar-refractivity contribution is 6.06. The number of esters is 1. The van der Waals surface area contributed by atoms with Gasteiger partial charge in [-0.05, 0) is 56.1 Å². The smallest absolute Gasteiger partial charge is 0.342 e. The number of carbonyl (C=O) groups is 1. The lowest BCUT2D eigenvalue weighted by molar-refractivity contribution is 0.0526. The SMILES string of the molecule is CCOC(=O)c1c(C)oc2ccc(O)c(CN3C[C@@]4(C)C[C@@H]3CC(C)(C)C4)c12. The summed E-state index contributed by atoms with van der Waals surface area (Å²) in [5.74, 6) is 0.358. The molecular weight excluding hydrogens is 354 g/mol. The molecule has 0 unspecified atom stereocenters. The van der Waals surface area contributed by atoms with Crippen molar-refractivity contribution in [2.75, 3.05) is 13.2 Å². The minimum Gasteiger partial charge on any atom is -0.508 e. The summed E-state index contributed by atoms with van der Waals surface area (Å²) in [5.41, 5.74) is 2.49. The van der Waals surface area contributed by atoms with Gasteiger partial charge in [-0.2, -0.15) is 0 Å². The Morgan fingerprint density at radius 2 is 2.07 bits per heavy atom. The van der Waals surface area contributed by atoms with Crippen LogP contribution >= 0.6 is 0 Å². The van der Waals surface area contributed by atoms with Crippen LogP contribution in [0.2, 0.25) is 0 Å². The monoisotopic (exact) mass is 385 g/mol. The van der Waals surface area contributed by atoms with Gasteiger partial charge in [-0.15, -0.1) is 0 Å². The number of hydrogen-bond donors (Lipinski definition) is 1. The van der Waals surface area contributed by atoms with Gasteiger partial charge < -0.3 is 14.3 Å². The number of hydrogen-bond acceptors (Lipinski definition) is 5. The Kier molecular flexibility index (Phi) is 4.49. The van der Waals surface area contributed by atoms with Crippen LogP contribution < -0.4 is 0 Å². The van der Waals surface area contributed by atoms with Crippen molar-refractivity contribution in [2.24, 2.45) is 10.8 Å². The van der Waals surface area contributed by atoms with Gasteiger partial charge in [0.15, 0.2) is 0 Å². The fraction of sp³-hybridized carbons (Fsp3) is 0.609. The molecule has 1 aliphatic carbocycles. The van der Waals surface area contributed by atoms with Gasteiger partial charge in [0.2, 0.25) is 0 Å². The predicted molar refractivity (Wildman–Crippen MR) is 109 cm³/mol. The van der Waals surface area contributed by atoms with E-state index in [0.29, 0.717) is 52.3 Å². The molecule has 4 rings (SSSR count). The second-order valence-corrected chi connectivity index (χ2v) is 9.81. The van der Waals surface area contributed by atoms with E-state index in [0.717, 1.165) is 18.5 Å². The molecule has 152 valence electrons. The zero-order valence-electron chi connectivity index (χ0n) is 17.6. The van der Waals surface area contributed by atoms with Crippen LogP contribution in [-0.4, -0.2) is 35.2 Å². The Morgan fingerprint density at radius 1 is 1.32 bits per heavy atom. The maximum atomic E-state index is 12.6. The maximum Gasteiger partial charge on any atom is 0.342 e. The lowest BCUT2D eigenvalue weighted by Gasteiger charge is -2.40. The molecule has 2 atom stereocenters. The van der Waals surface area contributed by atoms with Gasteiger partial charge in [0.25, 0.3) is 0 Å². The number of rotatable bonds is 4. The van der Waals surface area contributed by atoms with Crippen LogP contribution in [0.1, 0.15) is 68.6 Å². The zero-order chi connectivity index (χ0) is 20.3. The lowest BCUT2D eigenvalue weighted by atomic mass is 9.65. The fourth-order valence-electron chi connectivity index (χ4n) is 5.94. The Morgan fingerprint density at radius 3 is 2.79 bits per heavy atom. The van der Waals surface area contributed by atoms with Gasteiger partial charge >= 0.3 is 5.97 Å². The van der Waals surface area contributed by atoms with Crippen LogP contribution in [0.4, 0.5) is 0 Å². The molecule has 0 spiro atoms. The van der Waals surface area contributed by atoms with Gasteiger partial charge in [-0.3, -0.25) is 4.90 Å². The van der Waals surface area contributed by atoms with Crippen molar-refractivity contribution >= 4 is 16.9 Å². The van der Waals surface area contributed by atoms with Crippen molar-refractivity contribution in [3.8, 4) is 5.75 Å². The molecule has 2 fully saturated rings. The highest BCUT2D eigenvalue weighted by Gasteiger charge is 2.49. The summed E-state index contributed by atoms with van der Waals surface area (Å²) in [5, 5.41) is 11.4. The van der Waals surface area contributed by atoms with Crippen molar-refractivity contribution in [2.45, 2.75) is 66.5 Å². The molecule has 5 heteroatoms. The summed E-state index contributed by atoms with van der Waals surface area (Å²) >= 11 is 0. The predicted octanol–water partition coefficient (Wildman–Crippen LogP) is 5.02. The number of phenols is 1. The number of likely N-dealkylation sites (tertiary alicyclic amines) is 1. The third-order valence-electron chi connectivity index (χ3n) is 6.48. The first kappa shape index (κ1) is 19.3. The zero-order valence-corrected chi connectivity index (χ0v) is 17.6. The van der Waals surface area contributed by atoms with E-state index in [1.807, 2.05) is 0 Å². The van der Waals surface area contributed by atoms with Crippen LogP contribution in [0.25, 0.3) is 11.0 Å². The van der Waals surface area contributed by atoms with Crippen LogP contribution in [0.5, 0.6) is 5.75 Å². The first-order chi connectivity index (χ1) is 13.1. The highest BCUT2D eigenvalue weighted by atomic mass is 16.5. The second kappa shape index (κ2) is 6.51. The van der Waals surface area contributed by atoms with E-state index in [4.69, 9.17) is 9.15 Å². The Balaban J connectivity index is 1.75. The third kappa shape index (κ3) is 3.20. The van der Waals surface area contributed by atoms with E-state index in [2.05, 4.69) is 25.7 Å². The average molecular weight is 386 g/mol. The van der Waals surface area contributed by atoms with Gasteiger partial charge in [-0.1, -0.05) is 20.8 Å². The molecule has 2 aromatic rings. The van der Waals surface area contributed by atoms with Crippen LogP contribution in [0.15, 0.2) is 16.5 Å². The molecule has 2 bridgehead atoms. The summed E-state index contributed by atoms with van der Waals surface area (Å²) in [6.45, 7) is 12.6. The largest absolute Gasteiger partial charge is 0.508 e. The standard InChI is InChI=1S/C23H31NO4/c1-6-27-21(26)19-14(2)28-18-8-7-17(25)16(20(18)19)11-24-13-23(5)10-15(24)9-22(3,4)12-23/h7-8,15,25H,6,9-13H2,1-5H3/t15-,23-/m0/s1. The van der Waals surface area contributed by atoms with Crippen molar-refractivity contribution in [3.05, 3.63) is 29.0 Å². The van der Waals surface area contributed by atoms with Gasteiger partial charge in [0.1, 0.15) is 22.7 Å². The summed E-state index contributed by atoms with van der Waals surface area (Å²) in [4.78, 5) is 15.1. The normalized spacial score (nSPS) is 26.7. The van der Waals surface area contributed by atoms with E-state index in [1.54, 1.807) is 26.0 Å². The van der Waals surface area contributed by atoms with E-state index >= 15 is 0 Å². The molecule has 1 saturated carbocycles. The van der Waals surface area contributed by atoms with Crippen LogP contribution in [0.3, 0.4) is 0 Å². The second-order valence-electron chi connectivity index (χ2n) is 9.81. The van der Waals surface area contributed by atoms with Crippen LogP contribution in [0, 0.1) is 17.8 Å². The van der Waals surface area contributed by atoms with E-state index in [9.17, 15) is 9.90 Å². The number of furan rings is 1. The maximum absolute atomic E-state index is 12.6. The number of aryl methyl sites for hydroxylation is 1. The third-order valence-corrected chi connectivity index (χ3v) is 6.48. The van der Waals surface area contributed by atoms with Crippen molar-refractivity contribution in [3.63, 3.8) is 0 Å². The molecule has 1 aliphatic heterocycles. The number of ether oxygens (including phenoxy) is 1. The minimum atomic E-state index is -0.390. The molecule has 1 aromatic heterocycles. The Labute approximate surface area is 166 Å². The van der Waals surface area contributed by atoms with Crippen molar-refractivity contribution < 1.29 is 19.1 Å². The van der Waals surface area contributed by atoms with Gasteiger partial charge in [0.05, 0.1) is 6.61 Å². The molecule has 0 radical (unpaired) electrons. The Bertz CT molecular complexity index is 928. The number of carbonyl (C=O) groups excluding carboxylic acids is 1. The van der Waals surface area contributed by atoms with E-state index in [1.165, 1.54) is 12.8 Å². The fourth-order valence-corrected chi connectivity index (χ4v) is 5.94. The topological polar surface area (TPSA) is 62.9 Å². The number of nitrogens with zero attached hydrogens (tertiary/aromatic N) is 1. The lowest BCUT2D eigenvalue weighted by Crippen LogP contribution is -2.34. The molecule has 2 heterocycles. The number of benzene rings is 1. The number of fused-ring (bicyclic) bond motifs is 3. The number of phenolic OH excluding ortho intramolecular Hbond substituents is 1. The summed E-state index contributed by atoms with van der Waals surface area (Å²) in [7, 11) is 0. The first-order valence-corrected chi connectivity index (χ1v) is 10.3. The van der Waals surface area contributed by atoms with Gasteiger partial charge in [0, 0.05) is 30.1 Å². The molecule has 5 nitrogen and oxygen atoms in total. The molecule has 1 saturated heterocycles. The highest BCUT2D eigenvalue weighted by Crippen LogP contribution is 2.53. The Hall–Kier alpha value is -2.01. The molecule has 28 heavy (non-hydrogen) atoms. The van der Waals surface area contributed by atoms with Crippen molar-refractivity contribution in [1.82, 2.24) is 4.90 Å².